The van der Waals surface area contributed by atoms with Crippen molar-refractivity contribution < 1.29 is 9.84 Å². The first-order valence-electron chi connectivity index (χ1n) is 4.72. The Hall–Kier alpha value is -0.580. The van der Waals surface area contributed by atoms with E-state index in [4.69, 9.17) is 10.5 Å². The molecule has 0 aromatic heterocycles. The molecule has 1 rings (SSSR count). The molecule has 0 saturated heterocycles. The Balaban J connectivity index is 3.11. The Morgan fingerprint density at radius 2 is 2.20 bits per heavy atom. The lowest BCUT2D eigenvalue weighted by Gasteiger charge is -2.26. The molecular weight excluding hydrogens is 258 g/mol. The zero-order valence-corrected chi connectivity index (χ0v) is 10.5. The summed E-state index contributed by atoms with van der Waals surface area (Å²) in [6, 6.07) is 5.72. The number of rotatable bonds is 4. The molecule has 3 N–H and O–H groups in total. The minimum atomic E-state index is -0.394. The van der Waals surface area contributed by atoms with E-state index in [9.17, 15) is 5.11 Å². The molecule has 84 valence electrons. The molecule has 0 amide bonds. The number of aliphatic hydroxyl groups excluding tert-OH is 1. The van der Waals surface area contributed by atoms with Crippen LogP contribution in [0, 0.1) is 0 Å². The summed E-state index contributed by atoms with van der Waals surface area (Å²) in [4.78, 5) is 0. The number of hydrogen-bond donors (Lipinski definition) is 2. The van der Waals surface area contributed by atoms with Crippen LogP contribution in [0.3, 0.4) is 0 Å². The smallest absolute Gasteiger partial charge is 0.133 e. The van der Waals surface area contributed by atoms with Crippen LogP contribution in [0.1, 0.15) is 12.5 Å². The van der Waals surface area contributed by atoms with E-state index in [0.29, 0.717) is 6.54 Å². The third-order valence-electron chi connectivity index (χ3n) is 2.65. The van der Waals surface area contributed by atoms with Gasteiger partial charge in [-0.2, -0.15) is 0 Å². The van der Waals surface area contributed by atoms with Gasteiger partial charge in [-0.05, 0) is 33.6 Å². The van der Waals surface area contributed by atoms with Gasteiger partial charge in [-0.15, -0.1) is 0 Å². The van der Waals surface area contributed by atoms with Crippen LogP contribution in [0.2, 0.25) is 0 Å². The number of aliphatic hydroxyl groups is 1. The van der Waals surface area contributed by atoms with Crippen molar-refractivity contribution >= 4 is 15.9 Å². The molecule has 1 atom stereocenters. The summed E-state index contributed by atoms with van der Waals surface area (Å²) in [7, 11) is 1.62. The first-order chi connectivity index (χ1) is 7.07. The number of halogens is 1. The molecule has 0 aliphatic carbocycles. The Bertz CT molecular complexity index is 337. The molecule has 1 aromatic rings. The second kappa shape index (κ2) is 4.96. The molecule has 0 aliphatic heterocycles. The van der Waals surface area contributed by atoms with E-state index in [1.807, 2.05) is 25.1 Å². The summed E-state index contributed by atoms with van der Waals surface area (Å²) < 4.78 is 6.01. The minimum absolute atomic E-state index is 0.0300. The highest BCUT2D eigenvalue weighted by Gasteiger charge is 2.24. The van der Waals surface area contributed by atoms with Gasteiger partial charge in [-0.3, -0.25) is 0 Å². The van der Waals surface area contributed by atoms with Crippen molar-refractivity contribution in [3.63, 3.8) is 0 Å². The monoisotopic (exact) mass is 273 g/mol. The van der Waals surface area contributed by atoms with Crippen LogP contribution in [0.15, 0.2) is 22.7 Å². The fourth-order valence-electron chi connectivity index (χ4n) is 1.32. The van der Waals surface area contributed by atoms with E-state index in [-0.39, 0.29) is 6.61 Å². The molecule has 0 fully saturated rings. The predicted molar refractivity (Wildman–Crippen MR) is 64.2 cm³/mol. The van der Waals surface area contributed by atoms with Crippen molar-refractivity contribution in [2.75, 3.05) is 20.3 Å². The molecule has 1 unspecified atom stereocenters. The highest BCUT2D eigenvalue weighted by Crippen LogP contribution is 2.31. The van der Waals surface area contributed by atoms with Crippen LogP contribution >= 0.6 is 15.9 Å². The van der Waals surface area contributed by atoms with Crippen LogP contribution in [0.4, 0.5) is 0 Å². The predicted octanol–water partition coefficient (Wildman–Crippen LogP) is 1.67. The molecule has 0 aliphatic rings. The topological polar surface area (TPSA) is 55.5 Å². The summed E-state index contributed by atoms with van der Waals surface area (Å²) in [6.45, 7) is 2.37. The Morgan fingerprint density at radius 3 is 2.60 bits per heavy atom. The maximum Gasteiger partial charge on any atom is 0.133 e. The van der Waals surface area contributed by atoms with Crippen LogP contribution < -0.4 is 10.5 Å². The lowest BCUT2D eigenvalue weighted by atomic mass is 9.83. The number of nitrogens with two attached hydrogens (primary N) is 1. The van der Waals surface area contributed by atoms with E-state index in [2.05, 4.69) is 15.9 Å². The zero-order chi connectivity index (χ0) is 11.5. The van der Waals surface area contributed by atoms with Gasteiger partial charge in [0.2, 0.25) is 0 Å². The van der Waals surface area contributed by atoms with Gasteiger partial charge in [0.05, 0.1) is 18.2 Å². The Kier molecular flexibility index (Phi) is 4.13. The summed E-state index contributed by atoms with van der Waals surface area (Å²) in [5, 5.41) is 9.33. The van der Waals surface area contributed by atoms with Gasteiger partial charge in [0.15, 0.2) is 0 Å². The summed E-state index contributed by atoms with van der Waals surface area (Å²) in [6.07, 6.45) is 0. The fraction of sp³-hybridized carbons (Fsp3) is 0.455. The van der Waals surface area contributed by atoms with Gasteiger partial charge in [-0.25, -0.2) is 0 Å². The van der Waals surface area contributed by atoms with Crippen LogP contribution in [0.25, 0.3) is 0 Å². The molecule has 0 radical (unpaired) electrons. The van der Waals surface area contributed by atoms with Crippen molar-refractivity contribution in [1.82, 2.24) is 0 Å². The second-order valence-corrected chi connectivity index (χ2v) is 4.63. The minimum Gasteiger partial charge on any atom is -0.496 e. The first-order valence-corrected chi connectivity index (χ1v) is 5.51. The van der Waals surface area contributed by atoms with Gasteiger partial charge >= 0.3 is 0 Å². The molecule has 1 aromatic carbocycles. The molecule has 0 spiro atoms. The molecule has 4 heteroatoms. The van der Waals surface area contributed by atoms with Crippen LogP contribution in [-0.2, 0) is 5.41 Å². The molecule has 0 saturated carbocycles. The van der Waals surface area contributed by atoms with Crippen molar-refractivity contribution in [2.45, 2.75) is 12.3 Å². The lowest BCUT2D eigenvalue weighted by Crippen LogP contribution is -2.35. The van der Waals surface area contributed by atoms with Gasteiger partial charge in [-0.1, -0.05) is 13.0 Å². The van der Waals surface area contributed by atoms with E-state index in [1.54, 1.807) is 7.11 Å². The van der Waals surface area contributed by atoms with Gasteiger partial charge in [0.1, 0.15) is 5.75 Å². The van der Waals surface area contributed by atoms with Crippen LogP contribution in [0.5, 0.6) is 5.75 Å². The fourth-order valence-corrected chi connectivity index (χ4v) is 1.86. The third-order valence-corrected chi connectivity index (χ3v) is 3.27. The Labute approximate surface area is 98.4 Å². The SMILES string of the molecule is COc1ccc(C(C)(CN)CO)cc1Br. The quantitative estimate of drug-likeness (QED) is 0.878. The van der Waals surface area contributed by atoms with E-state index in [1.165, 1.54) is 0 Å². The number of ether oxygens (including phenoxy) is 1. The molecule has 15 heavy (non-hydrogen) atoms. The molecule has 0 bridgehead atoms. The van der Waals surface area contributed by atoms with Crippen molar-refractivity contribution in [3.8, 4) is 5.75 Å². The van der Waals surface area contributed by atoms with Gasteiger partial charge in [0, 0.05) is 12.0 Å². The standard InChI is InChI=1S/C11H16BrNO2/c1-11(6-13,7-14)8-3-4-10(15-2)9(12)5-8/h3-5,14H,6-7,13H2,1-2H3. The third kappa shape index (κ3) is 2.51. The largest absolute Gasteiger partial charge is 0.496 e. The maximum absolute atomic E-state index is 9.33. The van der Waals surface area contributed by atoms with Crippen LogP contribution in [-0.4, -0.2) is 25.4 Å². The number of benzene rings is 1. The van der Waals surface area contributed by atoms with E-state index >= 15 is 0 Å². The summed E-state index contributed by atoms with van der Waals surface area (Å²) >= 11 is 3.41. The average Bonchev–Trinajstić information content (AvgIpc) is 2.28. The van der Waals surface area contributed by atoms with Crippen molar-refractivity contribution in [2.24, 2.45) is 5.73 Å². The van der Waals surface area contributed by atoms with Crippen molar-refractivity contribution in [1.29, 1.82) is 0 Å². The zero-order valence-electron chi connectivity index (χ0n) is 8.96. The molecular formula is C11H16BrNO2. The van der Waals surface area contributed by atoms with E-state index < -0.39 is 5.41 Å². The molecule has 3 nitrogen and oxygen atoms in total. The second-order valence-electron chi connectivity index (χ2n) is 3.77. The van der Waals surface area contributed by atoms with Gasteiger partial charge in [0.25, 0.3) is 0 Å². The lowest BCUT2D eigenvalue weighted by molar-refractivity contribution is 0.210. The highest BCUT2D eigenvalue weighted by atomic mass is 79.9. The summed E-state index contributed by atoms with van der Waals surface area (Å²) in [5.41, 5.74) is 6.27. The average molecular weight is 274 g/mol. The van der Waals surface area contributed by atoms with E-state index in [0.717, 1.165) is 15.8 Å². The first kappa shape index (κ1) is 12.5. The Morgan fingerprint density at radius 1 is 1.53 bits per heavy atom. The number of methoxy groups -OCH3 is 1. The normalized spacial score (nSPS) is 14.7. The van der Waals surface area contributed by atoms with Crippen molar-refractivity contribution in [3.05, 3.63) is 28.2 Å². The highest BCUT2D eigenvalue weighted by molar-refractivity contribution is 9.10. The molecule has 0 heterocycles. The number of hydrogen-bond acceptors (Lipinski definition) is 3. The van der Waals surface area contributed by atoms with Gasteiger partial charge < -0.3 is 15.6 Å². The maximum atomic E-state index is 9.33. The summed E-state index contributed by atoms with van der Waals surface area (Å²) in [5.74, 6) is 0.774.